The molecular weight excluding hydrogens is 522 g/mol. The molecule has 0 aliphatic carbocycles. The lowest BCUT2D eigenvalue weighted by Gasteiger charge is -2.14. The fourth-order valence-corrected chi connectivity index (χ4v) is 3.61. The highest BCUT2D eigenvalue weighted by molar-refractivity contribution is 9.10. The van der Waals surface area contributed by atoms with E-state index in [9.17, 15) is 4.79 Å². The number of benzene rings is 3. The summed E-state index contributed by atoms with van der Waals surface area (Å²) in [6, 6.07) is 17.7. The van der Waals surface area contributed by atoms with Gasteiger partial charge in [0.05, 0.1) is 42.2 Å². The molecule has 0 atom stereocenters. The van der Waals surface area contributed by atoms with Crippen LogP contribution in [0.2, 0.25) is 5.02 Å². The first kappa shape index (κ1) is 25.1. The summed E-state index contributed by atoms with van der Waals surface area (Å²) >= 11 is 9.80. The van der Waals surface area contributed by atoms with Crippen LogP contribution in [0.15, 0.2) is 64.2 Å². The molecule has 3 rings (SSSR count). The molecule has 0 aliphatic rings. The number of rotatable bonds is 9. The maximum Gasteiger partial charge on any atom is 0.275 e. The standard InChI is InChI=1S/C25H21BrClN3O4/c1-3-33-23-11-18(14-29-30-25(31)20-12-19(26)8-9-22(20)32-2)10-21(27)24(23)34-15-17-6-4-16(13-28)5-7-17/h4-12,14H,3,15H2,1-2H3,(H,30,31)/b29-14-. The fraction of sp³-hybridized carbons (Fsp3) is 0.160. The van der Waals surface area contributed by atoms with Gasteiger partial charge in [-0.25, -0.2) is 5.43 Å². The second-order valence-corrected chi connectivity index (χ2v) is 8.23. The van der Waals surface area contributed by atoms with Crippen molar-refractivity contribution >= 4 is 39.7 Å². The zero-order valence-corrected chi connectivity index (χ0v) is 20.8. The minimum atomic E-state index is -0.423. The van der Waals surface area contributed by atoms with Crippen LogP contribution in [0.1, 0.15) is 34.0 Å². The van der Waals surface area contributed by atoms with E-state index in [0.717, 1.165) is 10.0 Å². The van der Waals surface area contributed by atoms with Crippen molar-refractivity contribution < 1.29 is 19.0 Å². The molecule has 3 aromatic rings. The average molecular weight is 543 g/mol. The Hall–Kier alpha value is -3.54. The van der Waals surface area contributed by atoms with E-state index in [2.05, 4.69) is 32.5 Å². The number of nitrogens with zero attached hydrogens (tertiary/aromatic N) is 2. The normalized spacial score (nSPS) is 10.6. The van der Waals surface area contributed by atoms with Gasteiger partial charge in [-0.3, -0.25) is 4.79 Å². The second-order valence-electron chi connectivity index (χ2n) is 6.90. The molecule has 0 bridgehead atoms. The summed E-state index contributed by atoms with van der Waals surface area (Å²) < 4.78 is 17.6. The van der Waals surface area contributed by atoms with Gasteiger partial charge in [-0.15, -0.1) is 0 Å². The molecule has 3 aromatic carbocycles. The lowest BCUT2D eigenvalue weighted by Crippen LogP contribution is -2.18. The van der Waals surface area contributed by atoms with Crippen molar-refractivity contribution in [2.75, 3.05) is 13.7 Å². The maximum atomic E-state index is 12.5. The van der Waals surface area contributed by atoms with Crippen LogP contribution in [0.3, 0.4) is 0 Å². The number of ether oxygens (including phenoxy) is 3. The number of halogens is 2. The van der Waals surface area contributed by atoms with Crippen molar-refractivity contribution in [3.63, 3.8) is 0 Å². The van der Waals surface area contributed by atoms with Crippen molar-refractivity contribution in [2.24, 2.45) is 5.10 Å². The smallest absolute Gasteiger partial charge is 0.275 e. The summed E-state index contributed by atoms with van der Waals surface area (Å²) in [5.74, 6) is 0.854. The van der Waals surface area contributed by atoms with E-state index in [1.807, 2.05) is 19.1 Å². The third-order valence-electron chi connectivity index (χ3n) is 4.58. The van der Waals surface area contributed by atoms with Gasteiger partial charge >= 0.3 is 0 Å². The molecule has 0 radical (unpaired) electrons. The van der Waals surface area contributed by atoms with Gasteiger partial charge in [0, 0.05) is 4.47 Å². The molecule has 1 amide bonds. The molecule has 9 heteroatoms. The van der Waals surface area contributed by atoms with Crippen LogP contribution in [0.4, 0.5) is 0 Å². The van der Waals surface area contributed by atoms with E-state index >= 15 is 0 Å². The molecule has 0 saturated heterocycles. The molecule has 1 N–H and O–H groups in total. The predicted molar refractivity (Wildman–Crippen MR) is 134 cm³/mol. The quantitative estimate of drug-likeness (QED) is 0.276. The van der Waals surface area contributed by atoms with Gasteiger partial charge in [0.15, 0.2) is 11.5 Å². The van der Waals surface area contributed by atoms with E-state index in [4.69, 9.17) is 31.1 Å². The number of hydrogen-bond donors (Lipinski definition) is 1. The number of hydrazone groups is 1. The predicted octanol–water partition coefficient (Wildman–Crippen LogP) is 5.72. The van der Waals surface area contributed by atoms with Crippen LogP contribution in [0.5, 0.6) is 17.2 Å². The van der Waals surface area contributed by atoms with Crippen LogP contribution < -0.4 is 19.6 Å². The minimum Gasteiger partial charge on any atom is -0.496 e. The molecule has 0 fully saturated rings. The van der Waals surface area contributed by atoms with Crippen molar-refractivity contribution in [1.82, 2.24) is 5.43 Å². The molecule has 0 unspecified atom stereocenters. The van der Waals surface area contributed by atoms with Gasteiger partial charge in [-0.05, 0) is 60.5 Å². The zero-order chi connectivity index (χ0) is 24.5. The topological polar surface area (TPSA) is 92.9 Å². The largest absolute Gasteiger partial charge is 0.496 e. The Kier molecular flexibility index (Phi) is 8.91. The van der Waals surface area contributed by atoms with E-state index in [1.54, 1.807) is 42.5 Å². The first-order chi connectivity index (χ1) is 16.4. The van der Waals surface area contributed by atoms with Gasteiger partial charge in [-0.2, -0.15) is 10.4 Å². The number of hydrogen-bond acceptors (Lipinski definition) is 6. The van der Waals surface area contributed by atoms with Crippen LogP contribution >= 0.6 is 27.5 Å². The van der Waals surface area contributed by atoms with Crippen molar-refractivity contribution in [3.05, 3.63) is 86.3 Å². The molecule has 0 aromatic heterocycles. The molecule has 0 saturated carbocycles. The number of carbonyl (C=O) groups excluding carboxylic acids is 1. The summed E-state index contributed by atoms with van der Waals surface area (Å²) in [6.45, 7) is 2.51. The van der Waals surface area contributed by atoms with E-state index in [1.165, 1.54) is 13.3 Å². The van der Waals surface area contributed by atoms with Gasteiger partial charge in [-0.1, -0.05) is 39.7 Å². The molecule has 0 spiro atoms. The summed E-state index contributed by atoms with van der Waals surface area (Å²) in [7, 11) is 1.49. The van der Waals surface area contributed by atoms with Crippen molar-refractivity contribution in [1.29, 1.82) is 5.26 Å². The number of methoxy groups -OCH3 is 1. The lowest BCUT2D eigenvalue weighted by molar-refractivity contribution is 0.0952. The second kappa shape index (κ2) is 12.1. The minimum absolute atomic E-state index is 0.253. The number of nitrogens with one attached hydrogen (secondary N) is 1. The Labute approximate surface area is 211 Å². The Morgan fingerprint density at radius 2 is 1.91 bits per heavy atom. The molecule has 7 nitrogen and oxygen atoms in total. The van der Waals surface area contributed by atoms with Crippen molar-refractivity contribution in [3.8, 4) is 23.3 Å². The van der Waals surface area contributed by atoms with Crippen LogP contribution in [0, 0.1) is 11.3 Å². The molecule has 0 aliphatic heterocycles. The first-order valence-corrected chi connectivity index (χ1v) is 11.4. The summed E-state index contributed by atoms with van der Waals surface area (Å²) in [5.41, 5.74) is 4.89. The first-order valence-electron chi connectivity index (χ1n) is 10.2. The number of nitriles is 1. The lowest BCUT2D eigenvalue weighted by atomic mass is 10.1. The van der Waals surface area contributed by atoms with E-state index in [-0.39, 0.29) is 6.61 Å². The Morgan fingerprint density at radius 1 is 1.15 bits per heavy atom. The van der Waals surface area contributed by atoms with E-state index < -0.39 is 5.91 Å². The highest BCUT2D eigenvalue weighted by Gasteiger charge is 2.14. The van der Waals surface area contributed by atoms with E-state index in [0.29, 0.717) is 45.6 Å². The summed E-state index contributed by atoms with van der Waals surface area (Å²) in [4.78, 5) is 12.5. The fourth-order valence-electron chi connectivity index (χ4n) is 2.98. The third-order valence-corrected chi connectivity index (χ3v) is 5.36. The number of amides is 1. The van der Waals surface area contributed by atoms with Gasteiger partial charge in [0.1, 0.15) is 12.4 Å². The summed E-state index contributed by atoms with van der Waals surface area (Å²) in [6.07, 6.45) is 1.46. The SMILES string of the molecule is CCOc1cc(/C=N\NC(=O)c2cc(Br)ccc2OC)cc(Cl)c1OCc1ccc(C#N)cc1. The zero-order valence-electron chi connectivity index (χ0n) is 18.5. The highest BCUT2D eigenvalue weighted by atomic mass is 79.9. The maximum absolute atomic E-state index is 12.5. The molecule has 174 valence electrons. The number of carbonyl (C=O) groups is 1. The molecular formula is C25H21BrClN3O4. The van der Waals surface area contributed by atoms with Gasteiger partial charge in [0.25, 0.3) is 5.91 Å². The van der Waals surface area contributed by atoms with Gasteiger partial charge in [0.2, 0.25) is 0 Å². The Balaban J connectivity index is 1.74. The summed E-state index contributed by atoms with van der Waals surface area (Å²) in [5, 5.41) is 13.3. The third kappa shape index (κ3) is 6.50. The monoisotopic (exact) mass is 541 g/mol. The average Bonchev–Trinajstić information content (AvgIpc) is 2.84. The van der Waals surface area contributed by atoms with Crippen LogP contribution in [0.25, 0.3) is 0 Å². The molecule has 34 heavy (non-hydrogen) atoms. The van der Waals surface area contributed by atoms with Gasteiger partial charge < -0.3 is 14.2 Å². The highest BCUT2D eigenvalue weighted by Crippen LogP contribution is 2.37. The van der Waals surface area contributed by atoms with Crippen LogP contribution in [-0.4, -0.2) is 25.8 Å². The molecule has 0 heterocycles. The van der Waals surface area contributed by atoms with Crippen LogP contribution in [-0.2, 0) is 6.61 Å². The Bertz CT molecular complexity index is 1240. The van der Waals surface area contributed by atoms with Crippen molar-refractivity contribution in [2.45, 2.75) is 13.5 Å². The Morgan fingerprint density at radius 3 is 2.59 bits per heavy atom.